The molecule has 0 saturated carbocycles. The molecule has 6 heteroatoms. The smallest absolute Gasteiger partial charge is 0.292 e. The lowest BCUT2D eigenvalue weighted by Gasteiger charge is -2.13. The maximum Gasteiger partial charge on any atom is 0.292 e. The molecule has 0 aliphatic rings. The van der Waals surface area contributed by atoms with Crippen molar-refractivity contribution in [3.63, 3.8) is 0 Å². The zero-order valence-corrected chi connectivity index (χ0v) is 11.4. The van der Waals surface area contributed by atoms with E-state index in [-0.39, 0.29) is 17.6 Å². The fourth-order valence-electron chi connectivity index (χ4n) is 1.85. The molecule has 1 atom stereocenters. The van der Waals surface area contributed by atoms with Crippen LogP contribution in [0.1, 0.15) is 37.0 Å². The number of hydrogen-bond acceptors (Lipinski definition) is 4. The number of nitrogens with zero attached hydrogens (tertiary/aromatic N) is 1. The van der Waals surface area contributed by atoms with Crippen molar-refractivity contribution < 1.29 is 9.72 Å². The van der Waals surface area contributed by atoms with Gasteiger partial charge in [0, 0.05) is 24.7 Å². The van der Waals surface area contributed by atoms with E-state index in [2.05, 4.69) is 10.6 Å². The molecule has 0 radical (unpaired) electrons. The van der Waals surface area contributed by atoms with E-state index in [0.29, 0.717) is 11.3 Å². The lowest BCUT2D eigenvalue weighted by atomic mass is 10.1. The Hall–Kier alpha value is -2.11. The van der Waals surface area contributed by atoms with Crippen LogP contribution >= 0.6 is 0 Å². The molecule has 0 bridgehead atoms. The van der Waals surface area contributed by atoms with Gasteiger partial charge in [-0.1, -0.05) is 13.3 Å². The minimum Gasteiger partial charge on any atom is -0.383 e. The van der Waals surface area contributed by atoms with Crippen molar-refractivity contribution >= 4 is 17.3 Å². The number of nitrogens with one attached hydrogen (secondary N) is 2. The number of hydrogen-bond donors (Lipinski definition) is 2. The van der Waals surface area contributed by atoms with Crippen LogP contribution in [0.5, 0.6) is 0 Å². The minimum atomic E-state index is -0.479. The first-order valence-electron chi connectivity index (χ1n) is 6.26. The van der Waals surface area contributed by atoms with Crippen LogP contribution in [0.3, 0.4) is 0 Å². The molecule has 0 aliphatic heterocycles. The van der Waals surface area contributed by atoms with Gasteiger partial charge in [-0.15, -0.1) is 0 Å². The summed E-state index contributed by atoms with van der Waals surface area (Å²) in [4.78, 5) is 22.3. The summed E-state index contributed by atoms with van der Waals surface area (Å²) in [7, 11) is 1.59. The van der Waals surface area contributed by atoms with Crippen LogP contribution in [0, 0.1) is 10.1 Å². The summed E-state index contributed by atoms with van der Waals surface area (Å²) in [6.45, 7) is 3.99. The fourth-order valence-corrected chi connectivity index (χ4v) is 1.85. The maximum atomic E-state index is 12.0. The lowest BCUT2D eigenvalue weighted by Crippen LogP contribution is -2.32. The molecule has 6 nitrogen and oxygen atoms in total. The van der Waals surface area contributed by atoms with E-state index in [0.717, 1.165) is 12.8 Å². The van der Waals surface area contributed by atoms with E-state index in [1.807, 2.05) is 13.8 Å². The van der Waals surface area contributed by atoms with Crippen LogP contribution in [0.4, 0.5) is 11.4 Å². The number of carbonyl (C=O) groups excluding carboxylic acids is 1. The Morgan fingerprint density at radius 1 is 1.47 bits per heavy atom. The molecule has 0 aromatic heterocycles. The number of amides is 1. The molecule has 0 aliphatic carbocycles. The van der Waals surface area contributed by atoms with E-state index in [4.69, 9.17) is 0 Å². The summed E-state index contributed by atoms with van der Waals surface area (Å²) >= 11 is 0. The van der Waals surface area contributed by atoms with Gasteiger partial charge in [0.15, 0.2) is 0 Å². The second-order valence-corrected chi connectivity index (χ2v) is 4.40. The van der Waals surface area contributed by atoms with E-state index >= 15 is 0 Å². The van der Waals surface area contributed by atoms with Crippen LogP contribution in [0.25, 0.3) is 0 Å². The van der Waals surface area contributed by atoms with E-state index in [9.17, 15) is 14.9 Å². The van der Waals surface area contributed by atoms with Gasteiger partial charge in [-0.05, 0) is 25.5 Å². The van der Waals surface area contributed by atoms with Gasteiger partial charge < -0.3 is 10.6 Å². The van der Waals surface area contributed by atoms with Gasteiger partial charge >= 0.3 is 0 Å². The number of rotatable bonds is 6. The first-order chi connectivity index (χ1) is 8.99. The van der Waals surface area contributed by atoms with Gasteiger partial charge in [-0.3, -0.25) is 14.9 Å². The monoisotopic (exact) mass is 265 g/mol. The molecule has 2 N–H and O–H groups in total. The van der Waals surface area contributed by atoms with E-state index in [1.165, 1.54) is 18.2 Å². The van der Waals surface area contributed by atoms with E-state index in [1.54, 1.807) is 7.05 Å². The first kappa shape index (κ1) is 14.9. The SMILES string of the molecule is CCCC(C)NC(=O)c1ccc([N+](=O)[O-])c(NC)c1. The minimum absolute atomic E-state index is 0.0411. The molecule has 0 heterocycles. The Balaban J connectivity index is 2.90. The maximum absolute atomic E-state index is 12.0. The van der Waals surface area contributed by atoms with Crippen LogP contribution < -0.4 is 10.6 Å². The third-order valence-electron chi connectivity index (χ3n) is 2.82. The quantitative estimate of drug-likeness (QED) is 0.611. The Bertz CT molecular complexity index is 474. The highest BCUT2D eigenvalue weighted by molar-refractivity contribution is 5.96. The van der Waals surface area contributed by atoms with Gasteiger partial charge in [0.2, 0.25) is 0 Å². The van der Waals surface area contributed by atoms with Crippen molar-refractivity contribution in [2.45, 2.75) is 32.7 Å². The van der Waals surface area contributed by atoms with Crippen LogP contribution in [0.2, 0.25) is 0 Å². The molecule has 1 unspecified atom stereocenters. The Morgan fingerprint density at radius 3 is 2.68 bits per heavy atom. The van der Waals surface area contributed by atoms with Gasteiger partial charge in [0.25, 0.3) is 11.6 Å². The van der Waals surface area contributed by atoms with Crippen molar-refractivity contribution in [3.8, 4) is 0 Å². The molecular formula is C13H19N3O3. The molecule has 1 amide bonds. The summed E-state index contributed by atoms with van der Waals surface area (Å²) in [6, 6.07) is 4.38. The van der Waals surface area contributed by atoms with Gasteiger partial charge in [-0.25, -0.2) is 0 Å². The highest BCUT2D eigenvalue weighted by atomic mass is 16.6. The normalized spacial score (nSPS) is 11.7. The molecule has 1 aromatic rings. The molecule has 1 rings (SSSR count). The Kier molecular flexibility index (Phi) is 5.29. The topological polar surface area (TPSA) is 84.3 Å². The molecule has 0 fully saturated rings. The summed E-state index contributed by atoms with van der Waals surface area (Å²) in [5, 5.41) is 16.4. The lowest BCUT2D eigenvalue weighted by molar-refractivity contribution is -0.383. The largest absolute Gasteiger partial charge is 0.383 e. The molecule has 1 aromatic carbocycles. The van der Waals surface area contributed by atoms with Gasteiger partial charge in [0.1, 0.15) is 5.69 Å². The first-order valence-corrected chi connectivity index (χ1v) is 6.26. The van der Waals surface area contributed by atoms with Crippen molar-refractivity contribution in [1.29, 1.82) is 0 Å². The number of carbonyl (C=O) groups is 1. The van der Waals surface area contributed by atoms with Crippen molar-refractivity contribution in [2.24, 2.45) is 0 Å². The second-order valence-electron chi connectivity index (χ2n) is 4.40. The third kappa shape index (κ3) is 3.94. The molecular weight excluding hydrogens is 246 g/mol. The zero-order chi connectivity index (χ0) is 14.4. The number of nitro groups is 1. The summed E-state index contributed by atoms with van der Waals surface area (Å²) < 4.78 is 0. The zero-order valence-electron chi connectivity index (χ0n) is 11.4. The number of benzene rings is 1. The Labute approximate surface area is 112 Å². The van der Waals surface area contributed by atoms with Crippen molar-refractivity contribution in [3.05, 3.63) is 33.9 Å². The van der Waals surface area contributed by atoms with Crippen LogP contribution in [-0.4, -0.2) is 23.9 Å². The Morgan fingerprint density at radius 2 is 2.16 bits per heavy atom. The van der Waals surface area contributed by atoms with Crippen LogP contribution in [0.15, 0.2) is 18.2 Å². The number of anilines is 1. The highest BCUT2D eigenvalue weighted by Crippen LogP contribution is 2.24. The summed E-state index contributed by atoms with van der Waals surface area (Å²) in [5.41, 5.74) is 0.708. The molecule has 104 valence electrons. The fraction of sp³-hybridized carbons (Fsp3) is 0.462. The number of nitro benzene ring substituents is 1. The highest BCUT2D eigenvalue weighted by Gasteiger charge is 2.16. The average Bonchev–Trinajstić information content (AvgIpc) is 2.37. The standard InChI is InChI=1S/C13H19N3O3/c1-4-5-9(2)15-13(17)10-6-7-12(16(18)19)11(8-10)14-3/h6-9,14H,4-5H2,1-3H3,(H,15,17). The molecule has 0 spiro atoms. The van der Waals surface area contributed by atoms with Gasteiger partial charge in [0.05, 0.1) is 4.92 Å². The molecule has 0 saturated heterocycles. The summed E-state index contributed by atoms with van der Waals surface area (Å²) in [5.74, 6) is -0.215. The molecule has 19 heavy (non-hydrogen) atoms. The van der Waals surface area contributed by atoms with Crippen molar-refractivity contribution in [2.75, 3.05) is 12.4 Å². The van der Waals surface area contributed by atoms with E-state index < -0.39 is 4.92 Å². The van der Waals surface area contributed by atoms with Crippen LogP contribution in [-0.2, 0) is 0 Å². The average molecular weight is 265 g/mol. The van der Waals surface area contributed by atoms with Crippen molar-refractivity contribution in [1.82, 2.24) is 5.32 Å². The third-order valence-corrected chi connectivity index (χ3v) is 2.82. The van der Waals surface area contributed by atoms with Gasteiger partial charge in [-0.2, -0.15) is 0 Å². The predicted molar refractivity (Wildman–Crippen MR) is 74.5 cm³/mol. The predicted octanol–water partition coefficient (Wildman–Crippen LogP) is 2.55. The second kappa shape index (κ2) is 6.72. The summed E-state index contributed by atoms with van der Waals surface area (Å²) in [6.07, 6.45) is 1.89.